The fourth-order valence-electron chi connectivity index (χ4n) is 3.19. The summed E-state index contributed by atoms with van der Waals surface area (Å²) in [7, 11) is 0. The van der Waals surface area contributed by atoms with Gasteiger partial charge in [0, 0.05) is 37.5 Å². The van der Waals surface area contributed by atoms with E-state index in [1.807, 2.05) is 32.6 Å². The van der Waals surface area contributed by atoms with Gasteiger partial charge in [-0.2, -0.15) is 0 Å². The van der Waals surface area contributed by atoms with Crippen molar-refractivity contribution in [3.05, 3.63) is 15.6 Å². The summed E-state index contributed by atoms with van der Waals surface area (Å²) in [6.07, 6.45) is 1.38. The van der Waals surface area contributed by atoms with Crippen LogP contribution >= 0.6 is 11.3 Å². The Morgan fingerprint density at radius 3 is 2.73 bits per heavy atom. The second-order valence-electron chi connectivity index (χ2n) is 7.66. The highest BCUT2D eigenvalue weighted by atomic mass is 32.1. The third-order valence-corrected chi connectivity index (χ3v) is 5.54. The largest absolute Gasteiger partial charge is 0.444 e. The van der Waals surface area contributed by atoms with Gasteiger partial charge in [-0.25, -0.2) is 9.78 Å². The molecule has 3 rings (SSSR count). The highest BCUT2D eigenvalue weighted by molar-refractivity contribution is 7.13. The Bertz CT molecular complexity index is 682. The van der Waals surface area contributed by atoms with Gasteiger partial charge in [0.05, 0.1) is 18.3 Å². The second kappa shape index (κ2) is 7.52. The molecular formula is C18H27N3O4S. The first-order valence-electron chi connectivity index (χ1n) is 9.14. The molecule has 1 atom stereocenters. The van der Waals surface area contributed by atoms with Crippen LogP contribution in [-0.2, 0) is 22.4 Å². The number of ether oxygens (including phenoxy) is 2. The summed E-state index contributed by atoms with van der Waals surface area (Å²) in [5, 5.41) is 0.512. The quantitative estimate of drug-likeness (QED) is 0.805. The summed E-state index contributed by atoms with van der Waals surface area (Å²) in [5.74, 6) is -0.0320. The van der Waals surface area contributed by atoms with Gasteiger partial charge in [-0.05, 0) is 34.1 Å². The number of carbonyl (C=O) groups is 2. The van der Waals surface area contributed by atoms with Crippen LogP contribution in [0.15, 0.2) is 0 Å². The molecule has 2 aliphatic rings. The molecule has 3 heterocycles. The van der Waals surface area contributed by atoms with Crippen molar-refractivity contribution in [1.29, 1.82) is 0 Å². The first kappa shape index (κ1) is 19.1. The Kier molecular flexibility index (Phi) is 5.53. The average Bonchev–Trinajstić information content (AvgIpc) is 3.18. The molecule has 1 aromatic rings. The molecule has 0 spiro atoms. The third kappa shape index (κ3) is 4.35. The van der Waals surface area contributed by atoms with Crippen LogP contribution in [0.4, 0.5) is 4.79 Å². The summed E-state index contributed by atoms with van der Waals surface area (Å²) >= 11 is 1.45. The van der Waals surface area contributed by atoms with Crippen molar-refractivity contribution in [2.75, 3.05) is 26.2 Å². The third-order valence-electron chi connectivity index (χ3n) is 4.40. The molecule has 2 aliphatic heterocycles. The van der Waals surface area contributed by atoms with Gasteiger partial charge in [0.2, 0.25) is 0 Å². The molecule has 0 aromatic carbocycles. The molecule has 2 amide bonds. The Balaban J connectivity index is 1.64. The monoisotopic (exact) mass is 381 g/mol. The SMILES string of the molecule is CCO[C@H]1CCN(C(=O)c2nc3c(s2)CCN(C(=O)OC(C)(C)C)C3)C1. The van der Waals surface area contributed by atoms with E-state index in [1.54, 1.807) is 4.90 Å². The average molecular weight is 381 g/mol. The van der Waals surface area contributed by atoms with Gasteiger partial charge >= 0.3 is 6.09 Å². The number of hydrogen-bond acceptors (Lipinski definition) is 6. The van der Waals surface area contributed by atoms with E-state index in [2.05, 4.69) is 4.98 Å². The van der Waals surface area contributed by atoms with Crippen LogP contribution in [0.5, 0.6) is 0 Å². The lowest BCUT2D eigenvalue weighted by molar-refractivity contribution is 0.0222. The fourth-order valence-corrected chi connectivity index (χ4v) is 4.22. The first-order valence-corrected chi connectivity index (χ1v) is 9.96. The highest BCUT2D eigenvalue weighted by Crippen LogP contribution is 2.28. The van der Waals surface area contributed by atoms with E-state index in [9.17, 15) is 9.59 Å². The molecule has 0 radical (unpaired) electrons. The Morgan fingerprint density at radius 1 is 1.27 bits per heavy atom. The van der Waals surface area contributed by atoms with E-state index in [1.165, 1.54) is 11.3 Å². The normalized spacial score (nSPS) is 20.2. The van der Waals surface area contributed by atoms with E-state index >= 15 is 0 Å². The number of nitrogens with zero attached hydrogens (tertiary/aromatic N) is 3. The Hall–Kier alpha value is -1.67. The smallest absolute Gasteiger partial charge is 0.410 e. The summed E-state index contributed by atoms with van der Waals surface area (Å²) in [6.45, 7) is 10.5. The molecule has 144 valence electrons. The number of aromatic nitrogens is 1. The van der Waals surface area contributed by atoms with Gasteiger partial charge in [-0.1, -0.05) is 0 Å². The predicted molar refractivity (Wildman–Crippen MR) is 98.4 cm³/mol. The Morgan fingerprint density at radius 2 is 2.04 bits per heavy atom. The zero-order valence-corrected chi connectivity index (χ0v) is 16.7. The van der Waals surface area contributed by atoms with Crippen molar-refractivity contribution in [3.8, 4) is 0 Å². The number of hydrogen-bond donors (Lipinski definition) is 0. The van der Waals surface area contributed by atoms with Crippen LogP contribution < -0.4 is 0 Å². The number of amides is 2. The van der Waals surface area contributed by atoms with Crippen LogP contribution in [0.3, 0.4) is 0 Å². The van der Waals surface area contributed by atoms with Crippen LogP contribution in [0.2, 0.25) is 0 Å². The molecule has 1 saturated heterocycles. The molecule has 8 heteroatoms. The lowest BCUT2D eigenvalue weighted by Crippen LogP contribution is -2.39. The van der Waals surface area contributed by atoms with E-state index in [4.69, 9.17) is 9.47 Å². The molecule has 0 saturated carbocycles. The lowest BCUT2D eigenvalue weighted by Gasteiger charge is -2.29. The molecular weight excluding hydrogens is 354 g/mol. The van der Waals surface area contributed by atoms with Crippen molar-refractivity contribution >= 4 is 23.3 Å². The predicted octanol–water partition coefficient (Wildman–Crippen LogP) is 2.69. The van der Waals surface area contributed by atoms with Crippen molar-refractivity contribution in [2.24, 2.45) is 0 Å². The molecule has 26 heavy (non-hydrogen) atoms. The van der Waals surface area contributed by atoms with Crippen molar-refractivity contribution in [2.45, 2.75) is 58.8 Å². The van der Waals surface area contributed by atoms with Crippen molar-refractivity contribution in [3.63, 3.8) is 0 Å². The summed E-state index contributed by atoms with van der Waals surface area (Å²) in [6, 6.07) is 0. The summed E-state index contributed by atoms with van der Waals surface area (Å²) < 4.78 is 11.0. The highest BCUT2D eigenvalue weighted by Gasteiger charge is 2.32. The maximum absolute atomic E-state index is 12.7. The maximum atomic E-state index is 12.7. The fraction of sp³-hybridized carbons (Fsp3) is 0.722. The standard InChI is InChI=1S/C18H27N3O4S/c1-5-24-12-6-8-20(10-12)16(22)15-19-13-11-21(9-7-14(13)26-15)17(23)25-18(2,3)4/h12H,5-11H2,1-4H3/t12-/m0/s1. The minimum atomic E-state index is -0.520. The van der Waals surface area contributed by atoms with Crippen LogP contribution in [0.25, 0.3) is 0 Å². The number of thiazole rings is 1. The molecule has 1 fully saturated rings. The van der Waals surface area contributed by atoms with Gasteiger partial charge in [-0.15, -0.1) is 11.3 Å². The van der Waals surface area contributed by atoms with Gasteiger partial charge in [-0.3, -0.25) is 4.79 Å². The molecule has 0 unspecified atom stereocenters. The molecule has 0 bridgehead atoms. The van der Waals surface area contributed by atoms with Crippen LogP contribution in [0, 0.1) is 0 Å². The number of likely N-dealkylation sites (tertiary alicyclic amines) is 1. The minimum Gasteiger partial charge on any atom is -0.444 e. The van der Waals surface area contributed by atoms with E-state index in [-0.39, 0.29) is 18.1 Å². The maximum Gasteiger partial charge on any atom is 0.410 e. The first-order chi connectivity index (χ1) is 12.3. The molecule has 0 N–H and O–H groups in total. The number of carbonyl (C=O) groups excluding carboxylic acids is 2. The second-order valence-corrected chi connectivity index (χ2v) is 8.74. The Labute approximate surface area is 158 Å². The summed E-state index contributed by atoms with van der Waals surface area (Å²) in [4.78, 5) is 34.1. The van der Waals surface area contributed by atoms with E-state index in [0.717, 1.165) is 17.0 Å². The molecule has 1 aromatic heterocycles. The molecule has 0 aliphatic carbocycles. The zero-order chi connectivity index (χ0) is 18.9. The lowest BCUT2D eigenvalue weighted by atomic mass is 10.2. The van der Waals surface area contributed by atoms with E-state index in [0.29, 0.717) is 44.2 Å². The van der Waals surface area contributed by atoms with Crippen LogP contribution in [0.1, 0.15) is 54.5 Å². The van der Waals surface area contributed by atoms with Crippen molar-refractivity contribution < 1.29 is 19.1 Å². The van der Waals surface area contributed by atoms with Gasteiger partial charge in [0.1, 0.15) is 5.60 Å². The summed E-state index contributed by atoms with van der Waals surface area (Å²) in [5.41, 5.74) is 0.295. The molecule has 7 nitrogen and oxygen atoms in total. The van der Waals surface area contributed by atoms with E-state index < -0.39 is 5.60 Å². The minimum absolute atomic E-state index is 0.0320. The zero-order valence-electron chi connectivity index (χ0n) is 15.9. The van der Waals surface area contributed by atoms with Gasteiger partial charge in [0.25, 0.3) is 5.91 Å². The van der Waals surface area contributed by atoms with Crippen molar-refractivity contribution in [1.82, 2.24) is 14.8 Å². The van der Waals surface area contributed by atoms with Gasteiger partial charge < -0.3 is 19.3 Å². The number of fused-ring (bicyclic) bond motifs is 1. The van der Waals surface area contributed by atoms with Gasteiger partial charge in [0.15, 0.2) is 5.01 Å². The number of rotatable bonds is 3. The topological polar surface area (TPSA) is 72.0 Å². The van der Waals surface area contributed by atoms with Crippen LogP contribution in [-0.4, -0.2) is 64.7 Å².